The second-order valence-electron chi connectivity index (χ2n) is 5.78. The number of aromatic nitrogens is 1. The first kappa shape index (κ1) is 15.9. The SMILES string of the molecule is S=C(NCC1(c2ccccc2)CCOCC1)Nc1ccccn1. The molecule has 0 bridgehead atoms. The quantitative estimate of drug-likeness (QED) is 0.845. The number of ether oxygens (including phenoxy) is 1. The van der Waals surface area contributed by atoms with Crippen molar-refractivity contribution in [1.29, 1.82) is 0 Å². The fourth-order valence-corrected chi connectivity index (χ4v) is 3.14. The Bertz CT molecular complexity index is 627. The van der Waals surface area contributed by atoms with Crippen molar-refractivity contribution in [2.75, 3.05) is 25.1 Å². The van der Waals surface area contributed by atoms with Gasteiger partial charge in [-0.15, -0.1) is 0 Å². The second-order valence-corrected chi connectivity index (χ2v) is 6.19. The Hall–Kier alpha value is -1.98. The minimum atomic E-state index is 0.0648. The number of hydrogen-bond acceptors (Lipinski definition) is 3. The Kier molecular flexibility index (Phi) is 5.20. The van der Waals surface area contributed by atoms with E-state index in [0.717, 1.165) is 38.4 Å². The molecule has 0 atom stereocenters. The molecule has 5 heteroatoms. The molecule has 120 valence electrons. The predicted octanol–water partition coefficient (Wildman–Crippen LogP) is 3.12. The van der Waals surface area contributed by atoms with Crippen LogP contribution in [-0.4, -0.2) is 29.9 Å². The number of rotatable bonds is 4. The van der Waals surface area contributed by atoms with Crippen molar-refractivity contribution in [3.05, 3.63) is 60.3 Å². The highest BCUT2D eigenvalue weighted by Crippen LogP contribution is 2.34. The smallest absolute Gasteiger partial charge is 0.171 e. The van der Waals surface area contributed by atoms with Crippen molar-refractivity contribution < 1.29 is 4.74 Å². The third-order valence-corrected chi connectivity index (χ3v) is 4.58. The second kappa shape index (κ2) is 7.53. The molecule has 23 heavy (non-hydrogen) atoms. The van der Waals surface area contributed by atoms with Gasteiger partial charge in [-0.2, -0.15) is 0 Å². The maximum absolute atomic E-state index is 5.56. The van der Waals surface area contributed by atoms with Crippen LogP contribution in [0.5, 0.6) is 0 Å². The van der Waals surface area contributed by atoms with E-state index < -0.39 is 0 Å². The zero-order valence-electron chi connectivity index (χ0n) is 13.0. The van der Waals surface area contributed by atoms with E-state index in [1.54, 1.807) is 6.20 Å². The first-order valence-electron chi connectivity index (χ1n) is 7.88. The van der Waals surface area contributed by atoms with Crippen molar-refractivity contribution in [2.45, 2.75) is 18.3 Å². The zero-order chi connectivity index (χ0) is 16.0. The lowest BCUT2D eigenvalue weighted by molar-refractivity contribution is 0.0515. The van der Waals surface area contributed by atoms with Crippen LogP contribution in [-0.2, 0) is 10.2 Å². The molecule has 0 aliphatic carbocycles. The van der Waals surface area contributed by atoms with Gasteiger partial charge in [0.2, 0.25) is 0 Å². The molecule has 1 fully saturated rings. The molecule has 1 saturated heterocycles. The van der Waals surface area contributed by atoms with Gasteiger partial charge >= 0.3 is 0 Å². The lowest BCUT2D eigenvalue weighted by atomic mass is 9.74. The number of benzene rings is 1. The molecular formula is C18H21N3OS. The lowest BCUT2D eigenvalue weighted by Crippen LogP contribution is -2.45. The lowest BCUT2D eigenvalue weighted by Gasteiger charge is -2.38. The Morgan fingerprint density at radius 1 is 1.09 bits per heavy atom. The number of hydrogen-bond donors (Lipinski definition) is 2. The fourth-order valence-electron chi connectivity index (χ4n) is 2.97. The average Bonchev–Trinajstić information content (AvgIpc) is 2.62. The van der Waals surface area contributed by atoms with Gasteiger partial charge in [-0.3, -0.25) is 0 Å². The van der Waals surface area contributed by atoms with Crippen LogP contribution in [0, 0.1) is 0 Å². The first-order valence-corrected chi connectivity index (χ1v) is 8.29. The number of pyridine rings is 1. The monoisotopic (exact) mass is 327 g/mol. The molecule has 1 aromatic heterocycles. The maximum atomic E-state index is 5.56. The van der Waals surface area contributed by atoms with E-state index in [2.05, 4.69) is 45.9 Å². The van der Waals surface area contributed by atoms with Crippen molar-refractivity contribution in [3.63, 3.8) is 0 Å². The van der Waals surface area contributed by atoms with Crippen molar-refractivity contribution in [2.24, 2.45) is 0 Å². The summed E-state index contributed by atoms with van der Waals surface area (Å²) in [5.41, 5.74) is 1.41. The molecule has 2 heterocycles. The maximum Gasteiger partial charge on any atom is 0.171 e. The molecule has 2 N–H and O–H groups in total. The molecule has 4 nitrogen and oxygen atoms in total. The van der Waals surface area contributed by atoms with Crippen LogP contribution >= 0.6 is 12.2 Å². The minimum Gasteiger partial charge on any atom is -0.381 e. The van der Waals surface area contributed by atoms with Crippen LogP contribution < -0.4 is 10.6 Å². The summed E-state index contributed by atoms with van der Waals surface area (Å²) in [6, 6.07) is 16.3. The summed E-state index contributed by atoms with van der Waals surface area (Å²) in [6.07, 6.45) is 3.74. The Morgan fingerprint density at radius 3 is 2.52 bits per heavy atom. The van der Waals surface area contributed by atoms with E-state index in [1.807, 2.05) is 18.2 Å². The van der Waals surface area contributed by atoms with E-state index >= 15 is 0 Å². The van der Waals surface area contributed by atoms with E-state index in [4.69, 9.17) is 17.0 Å². The molecular weight excluding hydrogens is 306 g/mol. The van der Waals surface area contributed by atoms with Gasteiger partial charge in [0, 0.05) is 31.4 Å². The van der Waals surface area contributed by atoms with E-state index in [0.29, 0.717) is 5.11 Å². The fraction of sp³-hybridized carbons (Fsp3) is 0.333. The Labute approximate surface area is 142 Å². The zero-order valence-corrected chi connectivity index (χ0v) is 13.8. The van der Waals surface area contributed by atoms with Crippen LogP contribution in [0.3, 0.4) is 0 Å². The first-order chi connectivity index (χ1) is 11.3. The van der Waals surface area contributed by atoms with Crippen molar-refractivity contribution >= 4 is 23.1 Å². The molecule has 0 saturated carbocycles. The van der Waals surface area contributed by atoms with Crippen molar-refractivity contribution in [3.8, 4) is 0 Å². The van der Waals surface area contributed by atoms with E-state index in [1.165, 1.54) is 5.56 Å². The number of anilines is 1. The molecule has 0 unspecified atom stereocenters. The van der Waals surface area contributed by atoms with Gasteiger partial charge in [-0.25, -0.2) is 4.98 Å². The summed E-state index contributed by atoms with van der Waals surface area (Å²) >= 11 is 5.41. The summed E-state index contributed by atoms with van der Waals surface area (Å²) in [4.78, 5) is 4.23. The molecule has 1 aliphatic rings. The van der Waals surface area contributed by atoms with Crippen LogP contribution in [0.4, 0.5) is 5.82 Å². The van der Waals surface area contributed by atoms with E-state index in [-0.39, 0.29) is 5.41 Å². The van der Waals surface area contributed by atoms with Gasteiger partial charge in [-0.05, 0) is 42.8 Å². The standard InChI is InChI=1S/C18H21N3OS/c23-17(21-16-8-4-5-11-19-16)20-14-18(9-12-22-13-10-18)15-6-2-1-3-7-15/h1-8,11H,9-10,12-14H2,(H2,19,20,21,23). The Balaban J connectivity index is 1.66. The topological polar surface area (TPSA) is 46.2 Å². The van der Waals surface area contributed by atoms with Gasteiger partial charge in [-0.1, -0.05) is 36.4 Å². The molecule has 0 radical (unpaired) electrons. The highest BCUT2D eigenvalue weighted by atomic mass is 32.1. The van der Waals surface area contributed by atoms with E-state index in [9.17, 15) is 0 Å². The number of nitrogens with zero attached hydrogens (tertiary/aromatic N) is 1. The van der Waals surface area contributed by atoms with Crippen molar-refractivity contribution in [1.82, 2.24) is 10.3 Å². The third kappa shape index (κ3) is 4.06. The summed E-state index contributed by atoms with van der Waals surface area (Å²) < 4.78 is 5.56. The van der Waals surface area contributed by atoms with Crippen LogP contribution in [0.1, 0.15) is 18.4 Å². The third-order valence-electron chi connectivity index (χ3n) is 4.33. The molecule has 3 rings (SSSR count). The molecule has 0 spiro atoms. The molecule has 1 aliphatic heterocycles. The van der Waals surface area contributed by atoms with Crippen LogP contribution in [0.2, 0.25) is 0 Å². The van der Waals surface area contributed by atoms with Gasteiger partial charge in [0.25, 0.3) is 0 Å². The molecule has 2 aromatic rings. The van der Waals surface area contributed by atoms with Crippen LogP contribution in [0.25, 0.3) is 0 Å². The Morgan fingerprint density at radius 2 is 1.83 bits per heavy atom. The summed E-state index contributed by atoms with van der Waals surface area (Å²) in [5, 5.41) is 7.10. The highest BCUT2D eigenvalue weighted by molar-refractivity contribution is 7.80. The average molecular weight is 327 g/mol. The highest BCUT2D eigenvalue weighted by Gasteiger charge is 2.34. The summed E-state index contributed by atoms with van der Waals surface area (Å²) in [6.45, 7) is 2.37. The van der Waals surface area contributed by atoms with Gasteiger partial charge in [0.15, 0.2) is 5.11 Å². The minimum absolute atomic E-state index is 0.0648. The molecule has 1 aromatic carbocycles. The summed E-state index contributed by atoms with van der Waals surface area (Å²) in [5.74, 6) is 0.755. The van der Waals surface area contributed by atoms with Gasteiger partial charge in [0.05, 0.1) is 0 Å². The van der Waals surface area contributed by atoms with Gasteiger partial charge < -0.3 is 15.4 Å². The largest absolute Gasteiger partial charge is 0.381 e. The predicted molar refractivity (Wildman–Crippen MR) is 96.6 cm³/mol. The number of nitrogens with one attached hydrogen (secondary N) is 2. The number of thiocarbonyl (C=S) groups is 1. The van der Waals surface area contributed by atoms with Gasteiger partial charge in [0.1, 0.15) is 5.82 Å². The summed E-state index contributed by atoms with van der Waals surface area (Å²) in [7, 11) is 0. The molecule has 0 amide bonds. The normalized spacial score (nSPS) is 16.5. The van der Waals surface area contributed by atoms with Crippen LogP contribution in [0.15, 0.2) is 54.7 Å².